The molecule has 1 fully saturated rings. The van der Waals surface area contributed by atoms with Gasteiger partial charge in [-0.05, 0) is 30.0 Å². The van der Waals surface area contributed by atoms with Gasteiger partial charge in [0.05, 0.1) is 6.54 Å². The van der Waals surface area contributed by atoms with E-state index in [9.17, 15) is 19.2 Å². The number of hydrogen-bond acceptors (Lipinski definition) is 4. The second kappa shape index (κ2) is 10.3. The molecule has 0 unspecified atom stereocenters. The smallest absolute Gasteiger partial charge is 0.325 e. The first-order valence-corrected chi connectivity index (χ1v) is 11.1. The number of anilines is 1. The Bertz CT molecular complexity index is 1040. The number of nitrogens with zero attached hydrogens (tertiary/aromatic N) is 2. The van der Waals surface area contributed by atoms with Crippen molar-refractivity contribution in [2.24, 2.45) is 0 Å². The van der Waals surface area contributed by atoms with Crippen molar-refractivity contribution in [3.05, 3.63) is 65.7 Å². The van der Waals surface area contributed by atoms with Crippen molar-refractivity contribution in [1.82, 2.24) is 15.1 Å². The van der Waals surface area contributed by atoms with Gasteiger partial charge in [-0.25, -0.2) is 4.79 Å². The van der Waals surface area contributed by atoms with Crippen LogP contribution in [0.15, 0.2) is 54.6 Å². The summed E-state index contributed by atoms with van der Waals surface area (Å²) < 4.78 is 0. The molecule has 1 saturated heterocycles. The Morgan fingerprint density at radius 1 is 1.03 bits per heavy atom. The maximum atomic E-state index is 13.3. The monoisotopic (exact) mass is 450 g/mol. The van der Waals surface area contributed by atoms with Crippen molar-refractivity contribution < 1.29 is 19.2 Å². The Morgan fingerprint density at radius 2 is 1.70 bits per heavy atom. The molecule has 0 radical (unpaired) electrons. The summed E-state index contributed by atoms with van der Waals surface area (Å²) in [5, 5.41) is 5.62. The van der Waals surface area contributed by atoms with Crippen LogP contribution in [0.4, 0.5) is 10.5 Å². The van der Waals surface area contributed by atoms with E-state index in [1.54, 1.807) is 12.1 Å². The molecule has 2 aromatic rings. The first-order valence-electron chi connectivity index (χ1n) is 11.1. The SMILES string of the molecule is CCC[C@@]1(c2ccccc2)NC(=O)N(CC(=O)N(C)CC(=O)Nc2ccccc2CC)C1=O. The topological polar surface area (TPSA) is 98.8 Å². The lowest BCUT2D eigenvalue weighted by Gasteiger charge is -2.27. The number of aryl methyl sites for hydroxylation is 1. The molecule has 5 amide bonds. The molecule has 1 aliphatic rings. The lowest BCUT2D eigenvalue weighted by Crippen LogP contribution is -2.46. The average Bonchev–Trinajstić information content (AvgIpc) is 3.05. The van der Waals surface area contributed by atoms with E-state index in [-0.39, 0.29) is 12.5 Å². The fourth-order valence-corrected chi connectivity index (χ4v) is 4.08. The highest BCUT2D eigenvalue weighted by Gasteiger charge is 2.52. The largest absolute Gasteiger partial charge is 0.335 e. The third-order valence-electron chi connectivity index (χ3n) is 5.84. The number of likely N-dealkylation sites (N-methyl/N-ethyl adjacent to an activating group) is 1. The quantitative estimate of drug-likeness (QED) is 0.574. The Kier molecular flexibility index (Phi) is 7.48. The molecule has 2 aromatic carbocycles. The number of carbonyl (C=O) groups is 4. The number of para-hydroxylation sites is 1. The summed E-state index contributed by atoms with van der Waals surface area (Å²) in [6, 6.07) is 15.9. The van der Waals surface area contributed by atoms with Crippen LogP contribution < -0.4 is 10.6 Å². The van der Waals surface area contributed by atoms with Gasteiger partial charge in [0, 0.05) is 12.7 Å². The van der Waals surface area contributed by atoms with Crippen LogP contribution in [0.1, 0.15) is 37.8 Å². The Hall–Kier alpha value is -3.68. The molecule has 0 aromatic heterocycles. The summed E-state index contributed by atoms with van der Waals surface area (Å²) in [6.45, 7) is 3.30. The van der Waals surface area contributed by atoms with E-state index < -0.39 is 29.9 Å². The fraction of sp³-hybridized carbons (Fsp3) is 0.360. The highest BCUT2D eigenvalue weighted by atomic mass is 16.2. The first kappa shape index (κ1) is 24.0. The molecule has 0 aliphatic carbocycles. The molecule has 0 bridgehead atoms. The van der Waals surface area contributed by atoms with Crippen LogP contribution in [-0.4, -0.2) is 53.7 Å². The van der Waals surface area contributed by atoms with Crippen molar-refractivity contribution >= 4 is 29.4 Å². The maximum absolute atomic E-state index is 13.3. The predicted molar refractivity (Wildman–Crippen MR) is 125 cm³/mol. The first-order chi connectivity index (χ1) is 15.8. The van der Waals surface area contributed by atoms with Gasteiger partial charge in [-0.1, -0.05) is 68.8 Å². The fourth-order valence-electron chi connectivity index (χ4n) is 4.08. The summed E-state index contributed by atoms with van der Waals surface area (Å²) in [5.41, 5.74) is 1.19. The van der Waals surface area contributed by atoms with E-state index >= 15 is 0 Å². The molecule has 1 aliphatic heterocycles. The number of rotatable bonds is 9. The van der Waals surface area contributed by atoms with E-state index in [1.807, 2.05) is 56.3 Å². The second-order valence-corrected chi connectivity index (χ2v) is 8.15. The van der Waals surface area contributed by atoms with Gasteiger partial charge in [0.15, 0.2) is 0 Å². The van der Waals surface area contributed by atoms with Crippen molar-refractivity contribution in [2.75, 3.05) is 25.5 Å². The number of hydrogen-bond donors (Lipinski definition) is 2. The van der Waals surface area contributed by atoms with Crippen LogP contribution >= 0.6 is 0 Å². The molecule has 0 spiro atoms. The van der Waals surface area contributed by atoms with Crippen molar-refractivity contribution in [1.29, 1.82) is 0 Å². The summed E-state index contributed by atoms with van der Waals surface area (Å²) in [6.07, 6.45) is 1.85. The summed E-state index contributed by atoms with van der Waals surface area (Å²) in [4.78, 5) is 53.4. The third-order valence-corrected chi connectivity index (χ3v) is 5.84. The molecule has 2 N–H and O–H groups in total. The van der Waals surface area contributed by atoms with Gasteiger partial charge in [0.25, 0.3) is 5.91 Å². The number of urea groups is 1. The van der Waals surface area contributed by atoms with Crippen molar-refractivity contribution in [2.45, 2.75) is 38.6 Å². The van der Waals surface area contributed by atoms with Gasteiger partial charge in [-0.2, -0.15) is 0 Å². The average molecular weight is 451 g/mol. The minimum atomic E-state index is -1.19. The molecule has 0 saturated carbocycles. The lowest BCUT2D eigenvalue weighted by atomic mass is 9.85. The number of amides is 5. The molecule has 1 heterocycles. The van der Waals surface area contributed by atoms with Crippen LogP contribution in [0.25, 0.3) is 0 Å². The predicted octanol–water partition coefficient (Wildman–Crippen LogP) is 2.89. The molecule has 8 nitrogen and oxygen atoms in total. The maximum Gasteiger partial charge on any atom is 0.325 e. The Labute approximate surface area is 193 Å². The van der Waals surface area contributed by atoms with Crippen molar-refractivity contribution in [3.8, 4) is 0 Å². The Morgan fingerprint density at radius 3 is 2.36 bits per heavy atom. The van der Waals surface area contributed by atoms with Gasteiger partial charge in [-0.3, -0.25) is 19.3 Å². The molecule has 33 heavy (non-hydrogen) atoms. The minimum Gasteiger partial charge on any atom is -0.335 e. The standard InChI is InChI=1S/C25H30N4O4/c1-4-15-25(19-12-7-6-8-13-19)23(32)29(24(33)27-25)17-22(31)28(3)16-21(30)26-20-14-10-9-11-18(20)5-2/h6-14H,4-5,15-17H2,1-3H3,(H,26,30)(H,27,33)/t25-/m0/s1. The van der Waals surface area contributed by atoms with Crippen LogP contribution in [0.5, 0.6) is 0 Å². The van der Waals surface area contributed by atoms with Crippen molar-refractivity contribution in [3.63, 3.8) is 0 Å². The highest BCUT2D eigenvalue weighted by Crippen LogP contribution is 2.33. The third kappa shape index (κ3) is 5.05. The summed E-state index contributed by atoms with van der Waals surface area (Å²) in [5.74, 6) is -1.31. The van der Waals surface area contributed by atoms with E-state index in [4.69, 9.17) is 0 Å². The lowest BCUT2D eigenvalue weighted by molar-refractivity contribution is -0.139. The normalized spacial score (nSPS) is 17.6. The van der Waals surface area contributed by atoms with Crippen LogP contribution in [0.2, 0.25) is 0 Å². The number of benzene rings is 2. The number of imide groups is 1. The van der Waals surface area contributed by atoms with E-state index in [0.717, 1.165) is 16.9 Å². The summed E-state index contributed by atoms with van der Waals surface area (Å²) >= 11 is 0. The van der Waals surface area contributed by atoms with Gasteiger partial charge >= 0.3 is 6.03 Å². The second-order valence-electron chi connectivity index (χ2n) is 8.15. The van der Waals surface area contributed by atoms with Crippen LogP contribution in [0, 0.1) is 0 Å². The number of nitrogens with one attached hydrogen (secondary N) is 2. The summed E-state index contributed by atoms with van der Waals surface area (Å²) in [7, 11) is 1.47. The highest BCUT2D eigenvalue weighted by molar-refractivity contribution is 6.09. The zero-order valence-electron chi connectivity index (χ0n) is 19.3. The molecule has 1 atom stereocenters. The molecule has 8 heteroatoms. The molecule has 174 valence electrons. The molecular weight excluding hydrogens is 420 g/mol. The van der Waals surface area contributed by atoms with Gasteiger partial charge in [-0.15, -0.1) is 0 Å². The number of carbonyl (C=O) groups excluding carboxylic acids is 4. The van der Waals surface area contributed by atoms with E-state index in [0.29, 0.717) is 24.1 Å². The minimum absolute atomic E-state index is 0.195. The van der Waals surface area contributed by atoms with E-state index in [2.05, 4.69) is 10.6 Å². The van der Waals surface area contributed by atoms with E-state index in [1.165, 1.54) is 11.9 Å². The van der Waals surface area contributed by atoms with Gasteiger partial charge in [0.2, 0.25) is 11.8 Å². The van der Waals surface area contributed by atoms with Gasteiger partial charge in [0.1, 0.15) is 12.1 Å². The zero-order chi connectivity index (χ0) is 24.0. The van der Waals surface area contributed by atoms with Gasteiger partial charge < -0.3 is 15.5 Å². The molecule has 3 rings (SSSR count). The van der Waals surface area contributed by atoms with Crippen LogP contribution in [0.3, 0.4) is 0 Å². The molecular formula is C25H30N4O4. The van der Waals surface area contributed by atoms with Crippen LogP contribution in [-0.2, 0) is 26.3 Å². The Balaban J connectivity index is 1.67. The zero-order valence-corrected chi connectivity index (χ0v) is 19.3.